The molecule has 156 valence electrons. The zero-order valence-corrected chi connectivity index (χ0v) is 17.1. The molecule has 9 heteroatoms. The number of anilines is 1. The molecule has 1 saturated heterocycles. The summed E-state index contributed by atoms with van der Waals surface area (Å²) in [5.41, 5.74) is 3.12. The highest BCUT2D eigenvalue weighted by Crippen LogP contribution is 2.22. The van der Waals surface area contributed by atoms with Crippen molar-refractivity contribution >= 4 is 33.1 Å². The Morgan fingerprint density at radius 2 is 1.77 bits per heavy atom. The maximum atomic E-state index is 12.6. The molecule has 8 nitrogen and oxygen atoms in total. The fourth-order valence-corrected chi connectivity index (χ4v) is 5.33. The summed E-state index contributed by atoms with van der Waals surface area (Å²) < 4.78 is 23.4. The standard InChI is InChI=1S/C21H22N4O4S/c26-20-6-5-19(24-25(20)18-9-12-30(28,29)14-18)21(27)23-17-3-1-15(2-4-17)13-16-7-10-22-11-8-16/h1-4,7-8,10-11,18H,5-6,9,12-14H2,(H,23,27). The van der Waals surface area contributed by atoms with E-state index >= 15 is 0 Å². The largest absolute Gasteiger partial charge is 0.321 e. The number of amides is 2. The zero-order valence-electron chi connectivity index (χ0n) is 16.3. The fraction of sp³-hybridized carbons (Fsp3) is 0.333. The average Bonchev–Trinajstić information content (AvgIpc) is 3.10. The van der Waals surface area contributed by atoms with Crippen molar-refractivity contribution in [3.63, 3.8) is 0 Å². The molecule has 0 radical (unpaired) electrons. The van der Waals surface area contributed by atoms with Crippen LogP contribution in [-0.2, 0) is 25.8 Å². The predicted octanol–water partition coefficient (Wildman–Crippen LogP) is 1.78. The number of benzene rings is 1. The first-order valence-electron chi connectivity index (χ1n) is 9.79. The second-order valence-corrected chi connectivity index (χ2v) is 9.75. The SMILES string of the molecule is O=C(Nc1ccc(Cc2ccncc2)cc1)C1=NN(C2CCS(=O)(=O)C2)C(=O)CC1. The van der Waals surface area contributed by atoms with Crippen LogP contribution in [0.5, 0.6) is 0 Å². The van der Waals surface area contributed by atoms with Gasteiger partial charge in [0.2, 0.25) is 5.91 Å². The van der Waals surface area contributed by atoms with Gasteiger partial charge in [0.1, 0.15) is 5.71 Å². The first kappa shape index (κ1) is 20.2. The smallest absolute Gasteiger partial charge is 0.271 e. The minimum absolute atomic E-state index is 0.0460. The Hall–Kier alpha value is -3.07. The second kappa shape index (κ2) is 8.35. The molecule has 3 heterocycles. The molecular weight excluding hydrogens is 404 g/mol. The summed E-state index contributed by atoms with van der Waals surface area (Å²) in [6, 6.07) is 11.0. The molecule has 0 spiro atoms. The Labute approximate surface area is 174 Å². The van der Waals surface area contributed by atoms with Gasteiger partial charge in [-0.05, 0) is 48.2 Å². The lowest BCUT2D eigenvalue weighted by atomic mass is 10.1. The highest BCUT2D eigenvalue weighted by atomic mass is 32.2. The van der Waals surface area contributed by atoms with E-state index in [1.807, 2.05) is 36.4 Å². The lowest BCUT2D eigenvalue weighted by Gasteiger charge is -2.27. The number of hydrazone groups is 1. The van der Waals surface area contributed by atoms with Crippen LogP contribution < -0.4 is 5.32 Å². The van der Waals surface area contributed by atoms with E-state index in [-0.39, 0.29) is 41.9 Å². The van der Waals surface area contributed by atoms with Gasteiger partial charge in [-0.15, -0.1) is 0 Å². The van der Waals surface area contributed by atoms with Gasteiger partial charge in [0.25, 0.3) is 5.91 Å². The van der Waals surface area contributed by atoms with Crippen LogP contribution in [0.1, 0.15) is 30.4 Å². The summed E-state index contributed by atoms with van der Waals surface area (Å²) in [7, 11) is -3.15. The van der Waals surface area contributed by atoms with Crippen molar-refractivity contribution in [2.24, 2.45) is 5.10 Å². The summed E-state index contributed by atoms with van der Waals surface area (Å²) in [4.78, 5) is 28.8. The van der Waals surface area contributed by atoms with Crippen LogP contribution in [0.2, 0.25) is 0 Å². The number of aromatic nitrogens is 1. The second-order valence-electron chi connectivity index (χ2n) is 7.53. The Kier molecular flexibility index (Phi) is 5.63. The molecule has 2 aromatic rings. The van der Waals surface area contributed by atoms with Crippen molar-refractivity contribution in [1.29, 1.82) is 0 Å². The lowest BCUT2D eigenvalue weighted by Crippen LogP contribution is -2.42. The molecule has 1 unspecified atom stereocenters. The van der Waals surface area contributed by atoms with Crippen LogP contribution in [0, 0.1) is 0 Å². The molecular formula is C21H22N4O4S. The van der Waals surface area contributed by atoms with E-state index in [4.69, 9.17) is 0 Å². The Morgan fingerprint density at radius 1 is 1.07 bits per heavy atom. The van der Waals surface area contributed by atoms with E-state index in [2.05, 4.69) is 15.4 Å². The minimum Gasteiger partial charge on any atom is -0.321 e. The van der Waals surface area contributed by atoms with Gasteiger partial charge in [-0.1, -0.05) is 12.1 Å². The predicted molar refractivity (Wildman–Crippen MR) is 113 cm³/mol. The van der Waals surface area contributed by atoms with Crippen molar-refractivity contribution in [3.8, 4) is 0 Å². The number of hydrogen-bond donors (Lipinski definition) is 1. The third-order valence-corrected chi connectivity index (χ3v) is 7.00. The Morgan fingerprint density at radius 3 is 2.43 bits per heavy atom. The number of sulfone groups is 1. The molecule has 1 atom stereocenters. The maximum absolute atomic E-state index is 12.6. The monoisotopic (exact) mass is 426 g/mol. The molecule has 30 heavy (non-hydrogen) atoms. The topological polar surface area (TPSA) is 109 Å². The molecule has 1 N–H and O–H groups in total. The fourth-order valence-electron chi connectivity index (χ4n) is 3.63. The number of carbonyl (C=O) groups excluding carboxylic acids is 2. The summed E-state index contributed by atoms with van der Waals surface area (Å²) in [6.07, 6.45) is 5.01. The van der Waals surface area contributed by atoms with Crippen LogP contribution in [0.25, 0.3) is 0 Å². The van der Waals surface area contributed by atoms with Gasteiger partial charge >= 0.3 is 0 Å². The number of carbonyl (C=O) groups is 2. The molecule has 4 rings (SSSR count). The number of nitrogens with zero attached hydrogens (tertiary/aromatic N) is 3. The lowest BCUT2D eigenvalue weighted by molar-refractivity contribution is -0.133. The Bertz CT molecular complexity index is 1080. The third-order valence-electron chi connectivity index (χ3n) is 5.25. The van der Waals surface area contributed by atoms with Crippen LogP contribution in [-0.4, -0.2) is 53.5 Å². The van der Waals surface area contributed by atoms with Gasteiger partial charge in [-0.25, -0.2) is 13.4 Å². The van der Waals surface area contributed by atoms with E-state index in [0.717, 1.165) is 17.5 Å². The average molecular weight is 426 g/mol. The molecule has 1 aromatic heterocycles. The molecule has 1 fully saturated rings. The highest BCUT2D eigenvalue weighted by Gasteiger charge is 2.37. The van der Waals surface area contributed by atoms with Crippen molar-refractivity contribution in [1.82, 2.24) is 9.99 Å². The van der Waals surface area contributed by atoms with Crippen molar-refractivity contribution in [2.75, 3.05) is 16.8 Å². The number of pyridine rings is 1. The maximum Gasteiger partial charge on any atom is 0.271 e. The van der Waals surface area contributed by atoms with Gasteiger partial charge in [-0.2, -0.15) is 5.10 Å². The third kappa shape index (κ3) is 4.73. The molecule has 1 aromatic carbocycles. The van der Waals surface area contributed by atoms with Gasteiger partial charge in [0.05, 0.1) is 17.5 Å². The number of nitrogens with one attached hydrogen (secondary N) is 1. The van der Waals surface area contributed by atoms with E-state index in [1.165, 1.54) is 5.01 Å². The summed E-state index contributed by atoms with van der Waals surface area (Å²) >= 11 is 0. The summed E-state index contributed by atoms with van der Waals surface area (Å²) in [6.45, 7) is 0. The van der Waals surface area contributed by atoms with Crippen molar-refractivity contribution in [3.05, 3.63) is 59.9 Å². The van der Waals surface area contributed by atoms with Crippen LogP contribution in [0.4, 0.5) is 5.69 Å². The molecule has 2 aliphatic rings. The minimum atomic E-state index is -3.15. The zero-order chi connectivity index (χ0) is 21.1. The first-order chi connectivity index (χ1) is 14.4. The van der Waals surface area contributed by atoms with Gasteiger partial charge < -0.3 is 5.32 Å². The van der Waals surface area contributed by atoms with E-state index in [0.29, 0.717) is 12.1 Å². The molecule has 2 aliphatic heterocycles. The summed E-state index contributed by atoms with van der Waals surface area (Å²) in [5, 5.41) is 8.20. The van der Waals surface area contributed by atoms with Crippen LogP contribution >= 0.6 is 0 Å². The molecule has 0 bridgehead atoms. The Balaban J connectivity index is 1.41. The van der Waals surface area contributed by atoms with Gasteiger partial charge in [0.15, 0.2) is 9.84 Å². The van der Waals surface area contributed by atoms with Gasteiger partial charge in [0, 0.05) is 30.9 Å². The quantitative estimate of drug-likeness (QED) is 0.784. The van der Waals surface area contributed by atoms with Crippen molar-refractivity contribution in [2.45, 2.75) is 31.7 Å². The summed E-state index contributed by atoms with van der Waals surface area (Å²) in [5.74, 6) is -0.676. The first-order valence-corrected chi connectivity index (χ1v) is 11.6. The van der Waals surface area contributed by atoms with E-state index < -0.39 is 15.9 Å². The highest BCUT2D eigenvalue weighted by molar-refractivity contribution is 7.91. The molecule has 0 saturated carbocycles. The normalized spacial score (nSPS) is 20.7. The van der Waals surface area contributed by atoms with E-state index in [9.17, 15) is 18.0 Å². The van der Waals surface area contributed by atoms with Crippen LogP contribution in [0.3, 0.4) is 0 Å². The number of rotatable bonds is 5. The van der Waals surface area contributed by atoms with E-state index in [1.54, 1.807) is 12.4 Å². The molecule has 0 aliphatic carbocycles. The van der Waals surface area contributed by atoms with Crippen LogP contribution in [0.15, 0.2) is 53.9 Å². The van der Waals surface area contributed by atoms with Gasteiger partial charge in [-0.3, -0.25) is 14.6 Å². The van der Waals surface area contributed by atoms with Crippen molar-refractivity contribution < 1.29 is 18.0 Å². The number of hydrogen-bond acceptors (Lipinski definition) is 6. The molecule has 2 amide bonds.